The van der Waals surface area contributed by atoms with Gasteiger partial charge in [-0.25, -0.2) is 4.79 Å². The van der Waals surface area contributed by atoms with E-state index in [0.717, 1.165) is 31.4 Å². The van der Waals surface area contributed by atoms with E-state index in [0.29, 0.717) is 24.2 Å². The van der Waals surface area contributed by atoms with Gasteiger partial charge in [0, 0.05) is 29.4 Å². The lowest BCUT2D eigenvalue weighted by molar-refractivity contribution is -0.161. The summed E-state index contributed by atoms with van der Waals surface area (Å²) in [5.74, 6) is -2.24. The first-order valence-corrected chi connectivity index (χ1v) is 20.1. The molecule has 5 aliphatic rings. The fourth-order valence-electron chi connectivity index (χ4n) is 9.19. The van der Waals surface area contributed by atoms with Crippen molar-refractivity contribution in [3.05, 3.63) is 52.1 Å². The minimum atomic E-state index is -6.01. The van der Waals surface area contributed by atoms with Crippen LogP contribution >= 0.6 is 0 Å². The average Bonchev–Trinajstić information content (AvgIpc) is 3.83. The zero-order valence-corrected chi connectivity index (χ0v) is 29.4. The highest BCUT2D eigenvalue weighted by Gasteiger charge is 2.58. The molecule has 0 saturated heterocycles. The number of esters is 1. The number of fused-ring (bicyclic) bond motifs is 5. The Labute approximate surface area is 293 Å². The van der Waals surface area contributed by atoms with Gasteiger partial charge in [0.25, 0.3) is 0 Å². The van der Waals surface area contributed by atoms with E-state index in [-0.39, 0.29) is 40.7 Å². The molecule has 1 aromatic heterocycles. The molecule has 12 heteroatoms. The lowest BCUT2D eigenvalue weighted by Crippen LogP contribution is -2.44. The Bertz CT molecular complexity index is 1630. The van der Waals surface area contributed by atoms with Gasteiger partial charge in [-0.3, -0.25) is 4.28 Å². The number of allylic oxidation sites excluding steroid dienone is 2. The summed E-state index contributed by atoms with van der Waals surface area (Å²) in [7, 11) is -6.01. The quantitative estimate of drug-likeness (QED) is 0.127. The maximum atomic E-state index is 15.0. The first-order valence-electron chi connectivity index (χ1n) is 18.7. The molecule has 2 unspecified atom stereocenters. The number of hydrogen-bond donors (Lipinski definition) is 2. The van der Waals surface area contributed by atoms with Crippen molar-refractivity contribution in [3.8, 4) is 17.5 Å². The number of aromatic nitrogens is 1. The molecule has 0 amide bonds. The van der Waals surface area contributed by atoms with E-state index in [1.54, 1.807) is 12.2 Å². The van der Waals surface area contributed by atoms with E-state index in [1.807, 2.05) is 0 Å². The normalized spacial score (nSPS) is 23.2. The molecule has 3 fully saturated rings. The number of alkyl halides is 2. The van der Waals surface area contributed by atoms with Crippen molar-refractivity contribution in [1.29, 1.82) is 0 Å². The summed E-state index contributed by atoms with van der Waals surface area (Å²) < 4.78 is 70.9. The van der Waals surface area contributed by atoms with Crippen LogP contribution in [0.25, 0.3) is 0 Å². The van der Waals surface area contributed by atoms with Crippen LogP contribution in [0.4, 0.5) is 8.78 Å². The summed E-state index contributed by atoms with van der Waals surface area (Å²) in [4.78, 5) is 12.5. The molecular formula is C38H49F2NO8S. The summed E-state index contributed by atoms with van der Waals surface area (Å²) in [5, 5.41) is 15.9. The molecule has 9 nitrogen and oxygen atoms in total. The Morgan fingerprint density at radius 2 is 1.24 bits per heavy atom. The van der Waals surface area contributed by atoms with Crippen molar-refractivity contribution in [1.82, 2.24) is 4.73 Å². The molecule has 2 aromatic rings. The maximum Gasteiger partial charge on any atom is 0.478 e. The fourth-order valence-corrected chi connectivity index (χ4v) is 9.88. The van der Waals surface area contributed by atoms with Crippen molar-refractivity contribution in [2.24, 2.45) is 0 Å². The summed E-state index contributed by atoms with van der Waals surface area (Å²) >= 11 is 0. The third-order valence-electron chi connectivity index (χ3n) is 11.8. The molecule has 274 valence electrons. The topological polar surface area (TPSA) is 124 Å². The van der Waals surface area contributed by atoms with E-state index < -0.39 is 39.7 Å². The van der Waals surface area contributed by atoms with E-state index in [4.69, 9.17) is 9.47 Å². The summed E-state index contributed by atoms with van der Waals surface area (Å²) in [6.07, 6.45) is 22.0. The van der Waals surface area contributed by atoms with Crippen molar-refractivity contribution in [3.63, 3.8) is 0 Å². The van der Waals surface area contributed by atoms with Crippen LogP contribution in [0.1, 0.15) is 167 Å². The van der Waals surface area contributed by atoms with Crippen LogP contribution in [0, 0.1) is 0 Å². The Hall–Kier alpha value is -3.28. The second kappa shape index (κ2) is 14.4. The zero-order chi connectivity index (χ0) is 35.0. The summed E-state index contributed by atoms with van der Waals surface area (Å²) in [6.45, 7) is -0.387. The lowest BCUT2D eigenvalue weighted by atomic mass is 9.75. The predicted octanol–water partition coefficient (Wildman–Crippen LogP) is 8.55. The predicted molar refractivity (Wildman–Crippen MR) is 182 cm³/mol. The molecule has 0 radical (unpaired) electrons. The number of carbonyl (C=O) groups is 1. The van der Waals surface area contributed by atoms with Gasteiger partial charge >= 0.3 is 21.3 Å². The molecule has 7 rings (SSSR count). The standard InChI is InChI=1S/C38H49F2NO8S/c39-38(40,50(45,46)49-41-35(42)32-27-17-18-28(21-27)33(32)36(41)43)37(44)48-20-10-19-47-34-30(25-13-6-2-7-14-25)22-29(24-11-4-1-5-12-24)23-31(34)26-15-8-3-9-16-26/h17-18,22-28,42-43H,1-16,19-21H2. The summed E-state index contributed by atoms with van der Waals surface area (Å²) in [5.41, 5.74) is 4.38. The number of halogens is 2. The number of rotatable bonds is 12. The third kappa shape index (κ3) is 6.61. The van der Waals surface area contributed by atoms with Gasteiger partial charge in [-0.1, -0.05) is 86.8 Å². The number of benzene rings is 1. The first kappa shape index (κ1) is 35.1. The van der Waals surface area contributed by atoms with E-state index in [9.17, 15) is 32.2 Å². The molecule has 0 spiro atoms. The molecule has 50 heavy (non-hydrogen) atoms. The molecule has 1 heterocycles. The number of aromatic hydroxyl groups is 2. The van der Waals surface area contributed by atoms with Crippen molar-refractivity contribution in [2.45, 2.75) is 144 Å². The highest BCUT2D eigenvalue weighted by molar-refractivity contribution is 7.88. The first-order chi connectivity index (χ1) is 24.1. The van der Waals surface area contributed by atoms with Crippen LogP contribution in [-0.4, -0.2) is 47.8 Å². The van der Waals surface area contributed by atoms with Gasteiger partial charge in [0.15, 0.2) is 0 Å². The Morgan fingerprint density at radius 3 is 1.74 bits per heavy atom. The zero-order valence-electron chi connectivity index (χ0n) is 28.6. The molecule has 0 aliphatic heterocycles. The third-order valence-corrected chi connectivity index (χ3v) is 12.9. The van der Waals surface area contributed by atoms with Crippen LogP contribution < -0.4 is 9.02 Å². The van der Waals surface area contributed by atoms with Crippen molar-refractivity contribution < 1.29 is 46.0 Å². The smallest absolute Gasteiger partial charge is 0.478 e. The Kier molecular flexibility index (Phi) is 10.1. The van der Waals surface area contributed by atoms with Crippen LogP contribution in [0.15, 0.2) is 24.3 Å². The van der Waals surface area contributed by atoms with Crippen LogP contribution in [-0.2, 0) is 19.6 Å². The molecular weight excluding hydrogens is 668 g/mol. The van der Waals surface area contributed by atoms with E-state index in [2.05, 4.69) is 16.4 Å². The minimum absolute atomic E-state index is 0.0362. The molecule has 1 aromatic carbocycles. The largest absolute Gasteiger partial charge is 0.493 e. The number of nitrogens with zero attached hydrogens (tertiary/aromatic N) is 1. The van der Waals surface area contributed by atoms with Crippen molar-refractivity contribution in [2.75, 3.05) is 13.2 Å². The van der Waals surface area contributed by atoms with Gasteiger partial charge in [0.1, 0.15) is 5.75 Å². The average molecular weight is 718 g/mol. The Balaban J connectivity index is 1.03. The summed E-state index contributed by atoms with van der Waals surface area (Å²) in [6, 6.07) is 4.77. The SMILES string of the molecule is O=C(OCCCOc1c(C2CCCCC2)cc(C2CCCCC2)cc1C1CCCCC1)C(F)(F)S(=O)(=O)On1c(O)c2c(c1O)C1C=CC2C1. The second-order valence-electron chi connectivity index (χ2n) is 15.0. The van der Waals surface area contributed by atoms with Gasteiger partial charge < -0.3 is 19.7 Å². The highest BCUT2D eigenvalue weighted by atomic mass is 32.2. The molecule has 3 saturated carbocycles. The van der Waals surface area contributed by atoms with Gasteiger partial charge in [-0.05, 0) is 79.4 Å². The monoisotopic (exact) mass is 717 g/mol. The van der Waals surface area contributed by atoms with Crippen LogP contribution in [0.5, 0.6) is 17.5 Å². The minimum Gasteiger partial charge on any atom is -0.493 e. The Morgan fingerprint density at radius 1 is 0.760 bits per heavy atom. The van der Waals surface area contributed by atoms with Gasteiger partial charge in [0.2, 0.25) is 11.8 Å². The highest BCUT2D eigenvalue weighted by Crippen LogP contribution is 2.56. The number of ether oxygens (including phenoxy) is 2. The molecule has 2 N–H and O–H groups in total. The molecule has 2 atom stereocenters. The van der Waals surface area contributed by atoms with Gasteiger partial charge in [-0.15, -0.1) is 0 Å². The van der Waals surface area contributed by atoms with Gasteiger partial charge in [0.05, 0.1) is 13.2 Å². The van der Waals surface area contributed by atoms with E-state index >= 15 is 0 Å². The van der Waals surface area contributed by atoms with Crippen molar-refractivity contribution >= 4 is 16.1 Å². The van der Waals surface area contributed by atoms with E-state index in [1.165, 1.54) is 87.3 Å². The molecule has 2 bridgehead atoms. The maximum absolute atomic E-state index is 15.0. The fraction of sp³-hybridized carbons (Fsp3) is 0.658. The lowest BCUT2D eigenvalue weighted by Gasteiger charge is -2.32. The van der Waals surface area contributed by atoms with Crippen LogP contribution in [0.2, 0.25) is 0 Å². The van der Waals surface area contributed by atoms with Gasteiger partial charge in [-0.2, -0.15) is 17.2 Å². The second-order valence-corrected chi connectivity index (χ2v) is 16.6. The molecule has 5 aliphatic carbocycles. The number of carbonyl (C=O) groups excluding carboxylic acids is 1. The van der Waals surface area contributed by atoms with Crippen LogP contribution in [0.3, 0.4) is 0 Å². The number of hydrogen-bond acceptors (Lipinski definition) is 8.